The van der Waals surface area contributed by atoms with E-state index >= 15 is 0 Å². The molecule has 1 fully saturated rings. The van der Waals surface area contributed by atoms with Crippen LogP contribution in [0.2, 0.25) is 10.2 Å². The number of nitrogens with one attached hydrogen (secondary N) is 1. The van der Waals surface area contributed by atoms with Gasteiger partial charge < -0.3 is 0 Å². The monoisotopic (exact) mass is 336 g/mol. The van der Waals surface area contributed by atoms with Crippen molar-refractivity contribution in [2.45, 2.75) is 43.4 Å². The molecule has 1 aliphatic carbocycles. The number of nitrogens with zero attached hydrogens (tertiary/aromatic N) is 1. The molecule has 0 saturated heterocycles. The van der Waals surface area contributed by atoms with Gasteiger partial charge in [0.05, 0.1) is 5.02 Å². The zero-order valence-corrected chi connectivity index (χ0v) is 13.4. The van der Waals surface area contributed by atoms with Gasteiger partial charge >= 0.3 is 0 Å². The second-order valence-electron chi connectivity index (χ2n) is 5.13. The van der Waals surface area contributed by atoms with Crippen LogP contribution in [-0.4, -0.2) is 19.9 Å². The molecule has 1 saturated carbocycles. The van der Waals surface area contributed by atoms with Crippen molar-refractivity contribution in [3.8, 4) is 0 Å². The highest BCUT2D eigenvalue weighted by molar-refractivity contribution is 7.89. The van der Waals surface area contributed by atoms with Gasteiger partial charge in [0, 0.05) is 12.7 Å². The number of hydrogen-bond acceptors (Lipinski definition) is 3. The number of hydrogen-bond donors (Lipinski definition) is 1. The van der Waals surface area contributed by atoms with Gasteiger partial charge in [-0.15, -0.1) is 0 Å². The third-order valence-corrected chi connectivity index (χ3v) is 5.76. The highest BCUT2D eigenvalue weighted by Crippen LogP contribution is 2.26. The molecule has 0 radical (unpaired) electrons. The molecule has 0 aliphatic heterocycles. The summed E-state index contributed by atoms with van der Waals surface area (Å²) in [6, 6.07) is 1.32. The maximum atomic E-state index is 12.1. The highest BCUT2D eigenvalue weighted by atomic mass is 35.5. The summed E-state index contributed by atoms with van der Waals surface area (Å²) in [7, 11) is -3.56. The van der Waals surface area contributed by atoms with E-state index in [1.165, 1.54) is 44.4 Å². The zero-order valence-electron chi connectivity index (χ0n) is 11.1. The van der Waals surface area contributed by atoms with Gasteiger partial charge in [-0.05, 0) is 18.4 Å². The van der Waals surface area contributed by atoms with E-state index in [-0.39, 0.29) is 15.1 Å². The van der Waals surface area contributed by atoms with Crippen LogP contribution >= 0.6 is 23.2 Å². The lowest BCUT2D eigenvalue weighted by atomic mass is 9.87. The molecule has 1 N–H and O–H groups in total. The normalized spacial score (nSPS) is 17.3. The first-order valence-corrected chi connectivity index (χ1v) is 9.03. The summed E-state index contributed by atoms with van der Waals surface area (Å²) in [5.74, 6) is 0.637. The molecule has 1 aliphatic rings. The van der Waals surface area contributed by atoms with E-state index < -0.39 is 10.0 Å². The smallest absolute Gasteiger partial charge is 0.242 e. The summed E-state index contributed by atoms with van der Waals surface area (Å²) in [5.41, 5.74) is 0. The molecule has 0 bridgehead atoms. The maximum absolute atomic E-state index is 12.1. The van der Waals surface area contributed by atoms with Crippen molar-refractivity contribution in [1.29, 1.82) is 0 Å². The molecule has 112 valence electrons. The van der Waals surface area contributed by atoms with Gasteiger partial charge in [-0.25, -0.2) is 18.1 Å². The Bertz CT molecular complexity index is 557. The van der Waals surface area contributed by atoms with Crippen molar-refractivity contribution in [1.82, 2.24) is 9.71 Å². The molecule has 0 atom stereocenters. The van der Waals surface area contributed by atoms with Crippen LogP contribution in [0.25, 0.3) is 0 Å². The van der Waals surface area contributed by atoms with E-state index in [1.54, 1.807) is 0 Å². The molecule has 0 amide bonds. The first-order valence-electron chi connectivity index (χ1n) is 6.80. The molecule has 1 aromatic rings. The quantitative estimate of drug-likeness (QED) is 0.835. The number of rotatable bonds is 5. The lowest BCUT2D eigenvalue weighted by Crippen LogP contribution is -2.26. The molecule has 0 unspecified atom stereocenters. The van der Waals surface area contributed by atoms with Gasteiger partial charge in [-0.2, -0.15) is 0 Å². The second kappa shape index (κ2) is 7.07. The van der Waals surface area contributed by atoms with Gasteiger partial charge in [0.1, 0.15) is 10.0 Å². The predicted octanol–water partition coefficient (Wildman–Crippen LogP) is 3.64. The summed E-state index contributed by atoms with van der Waals surface area (Å²) in [6.45, 7) is 0.452. The van der Waals surface area contributed by atoms with Crippen LogP contribution < -0.4 is 4.72 Å². The standard InChI is InChI=1S/C13H18Cl2N2O2S/c14-12-8-11(9-16-13(12)15)20(18,19)17-7-6-10-4-2-1-3-5-10/h8-10,17H,1-7H2. The third-order valence-electron chi connectivity index (χ3n) is 3.65. The van der Waals surface area contributed by atoms with Crippen molar-refractivity contribution in [2.24, 2.45) is 5.92 Å². The minimum absolute atomic E-state index is 0.0514. The summed E-state index contributed by atoms with van der Waals surface area (Å²) < 4.78 is 26.8. The Balaban J connectivity index is 1.91. The van der Waals surface area contributed by atoms with Crippen LogP contribution in [0.1, 0.15) is 38.5 Å². The number of aromatic nitrogens is 1. The van der Waals surface area contributed by atoms with Crippen LogP contribution in [0.15, 0.2) is 17.2 Å². The average Bonchev–Trinajstić information content (AvgIpc) is 2.43. The minimum Gasteiger partial charge on any atom is -0.242 e. The van der Waals surface area contributed by atoms with Crippen LogP contribution in [0.3, 0.4) is 0 Å². The predicted molar refractivity (Wildman–Crippen MR) is 80.6 cm³/mol. The Morgan fingerprint density at radius 3 is 2.60 bits per heavy atom. The summed E-state index contributed by atoms with van der Waals surface area (Å²) in [6.07, 6.45) is 8.33. The number of sulfonamides is 1. The SMILES string of the molecule is O=S(=O)(NCCC1CCCCC1)c1cnc(Cl)c(Cl)c1. The van der Waals surface area contributed by atoms with Gasteiger partial charge in [0.25, 0.3) is 0 Å². The fraction of sp³-hybridized carbons (Fsp3) is 0.615. The molecule has 1 aromatic heterocycles. The molecule has 4 nitrogen and oxygen atoms in total. The fourth-order valence-corrected chi connectivity index (χ4v) is 3.86. The fourth-order valence-electron chi connectivity index (χ4n) is 2.51. The van der Waals surface area contributed by atoms with E-state index in [2.05, 4.69) is 9.71 Å². The lowest BCUT2D eigenvalue weighted by Gasteiger charge is -2.21. The molecular weight excluding hydrogens is 319 g/mol. The molecule has 1 heterocycles. The van der Waals surface area contributed by atoms with Crippen molar-refractivity contribution in [3.63, 3.8) is 0 Å². The van der Waals surface area contributed by atoms with Crippen LogP contribution in [0.4, 0.5) is 0 Å². The van der Waals surface area contributed by atoms with Crippen LogP contribution in [-0.2, 0) is 10.0 Å². The van der Waals surface area contributed by atoms with Crippen molar-refractivity contribution >= 4 is 33.2 Å². The van der Waals surface area contributed by atoms with Gasteiger partial charge in [-0.1, -0.05) is 55.3 Å². The number of halogens is 2. The third kappa shape index (κ3) is 4.32. The molecule has 0 aromatic carbocycles. The van der Waals surface area contributed by atoms with Crippen LogP contribution in [0.5, 0.6) is 0 Å². The minimum atomic E-state index is -3.56. The first kappa shape index (κ1) is 16.0. The summed E-state index contributed by atoms with van der Waals surface area (Å²) >= 11 is 11.5. The number of pyridine rings is 1. The Hall–Kier alpha value is -0.360. The van der Waals surface area contributed by atoms with Crippen LogP contribution in [0, 0.1) is 5.92 Å². The average molecular weight is 337 g/mol. The summed E-state index contributed by atoms with van der Waals surface area (Å²) in [4.78, 5) is 3.81. The van der Waals surface area contributed by atoms with Gasteiger partial charge in [0.2, 0.25) is 10.0 Å². The Labute approximate surface area is 129 Å². The van der Waals surface area contributed by atoms with Crippen molar-refractivity contribution < 1.29 is 8.42 Å². The zero-order chi connectivity index (χ0) is 14.6. The van der Waals surface area contributed by atoms with Gasteiger partial charge in [-0.3, -0.25) is 0 Å². The highest BCUT2D eigenvalue weighted by Gasteiger charge is 2.18. The van der Waals surface area contributed by atoms with E-state index in [1.807, 2.05) is 0 Å². The van der Waals surface area contributed by atoms with E-state index in [0.29, 0.717) is 12.5 Å². The first-order chi connectivity index (χ1) is 9.49. The molecule has 20 heavy (non-hydrogen) atoms. The molecular formula is C13H18Cl2N2O2S. The lowest BCUT2D eigenvalue weighted by molar-refractivity contribution is 0.339. The Kier molecular flexibility index (Phi) is 5.66. The molecule has 2 rings (SSSR count). The maximum Gasteiger partial charge on any atom is 0.242 e. The van der Waals surface area contributed by atoms with Crippen molar-refractivity contribution in [3.05, 3.63) is 22.4 Å². The van der Waals surface area contributed by atoms with E-state index in [9.17, 15) is 8.42 Å². The second-order valence-corrected chi connectivity index (χ2v) is 7.67. The van der Waals surface area contributed by atoms with E-state index in [0.717, 1.165) is 6.42 Å². The molecule has 7 heteroatoms. The Morgan fingerprint density at radius 1 is 1.25 bits per heavy atom. The largest absolute Gasteiger partial charge is 0.242 e. The molecule has 0 spiro atoms. The van der Waals surface area contributed by atoms with E-state index in [4.69, 9.17) is 23.2 Å². The Morgan fingerprint density at radius 2 is 1.95 bits per heavy atom. The topological polar surface area (TPSA) is 59.1 Å². The van der Waals surface area contributed by atoms with Crippen molar-refractivity contribution in [2.75, 3.05) is 6.54 Å². The van der Waals surface area contributed by atoms with Gasteiger partial charge in [0.15, 0.2) is 0 Å². The summed E-state index contributed by atoms with van der Waals surface area (Å²) in [5, 5.41) is 0.245.